The summed E-state index contributed by atoms with van der Waals surface area (Å²) < 4.78 is 0. The Bertz CT molecular complexity index is 2440. The Balaban J connectivity index is 0.829. The second kappa shape index (κ2) is 19.0. The zero-order chi connectivity index (χ0) is 41.5. The molecule has 1 saturated carbocycles. The van der Waals surface area contributed by atoms with Crippen LogP contribution in [0, 0.1) is 5.92 Å². The van der Waals surface area contributed by atoms with E-state index in [2.05, 4.69) is 198 Å². The molecule has 0 N–H and O–H groups in total. The summed E-state index contributed by atoms with van der Waals surface area (Å²) in [7, 11) is 0. The number of allylic oxidation sites excluding steroid dienone is 4. The molecule has 2 nitrogen and oxygen atoms in total. The maximum atomic E-state index is 2.83. The van der Waals surface area contributed by atoms with Crippen molar-refractivity contribution in [3.63, 3.8) is 0 Å². The van der Waals surface area contributed by atoms with E-state index >= 15 is 0 Å². The summed E-state index contributed by atoms with van der Waals surface area (Å²) in [5, 5.41) is 0. The molecular formula is C60H62N2. The van der Waals surface area contributed by atoms with Crippen molar-refractivity contribution in [1.82, 2.24) is 0 Å². The Morgan fingerprint density at radius 2 is 0.903 bits per heavy atom. The fourth-order valence-electron chi connectivity index (χ4n) is 11.3. The standard InChI is InChI=1S/C60H62N2/c1-5-13-45(14-6-1)48-21-23-49(24-22-48)52-29-39-56(40-30-52)61(55-19-11-4-12-20-55)57-41-31-53(32-42-57)54-33-43-60(44-34-54)62(58-35-25-50(26-36-58)46-15-7-2-8-16-46)59-37-27-51(28-38-59)47-17-9-3-10-18-47/h1-9,11-16,19-27,29,33-36,43-44,47,53,56-57,59H,10,17-18,28,30-32,37-42H2. The third kappa shape index (κ3) is 9.03. The van der Waals surface area contributed by atoms with Crippen LogP contribution in [-0.4, -0.2) is 18.1 Å². The molecule has 6 aromatic carbocycles. The summed E-state index contributed by atoms with van der Waals surface area (Å²) >= 11 is 0. The topological polar surface area (TPSA) is 6.48 Å². The molecule has 0 saturated heterocycles. The normalized spacial score (nSPS) is 22.6. The Kier molecular flexibility index (Phi) is 12.4. The van der Waals surface area contributed by atoms with E-state index in [-0.39, 0.29) is 0 Å². The van der Waals surface area contributed by atoms with E-state index in [1.54, 1.807) is 5.57 Å². The minimum absolute atomic E-state index is 0.455. The minimum atomic E-state index is 0.455. The third-order valence-corrected chi connectivity index (χ3v) is 14.8. The molecule has 3 atom stereocenters. The predicted octanol–water partition coefficient (Wildman–Crippen LogP) is 16.2. The fourth-order valence-corrected chi connectivity index (χ4v) is 11.3. The van der Waals surface area contributed by atoms with Gasteiger partial charge in [0, 0.05) is 35.2 Å². The van der Waals surface area contributed by atoms with E-state index < -0.39 is 0 Å². The molecule has 0 bridgehead atoms. The average Bonchev–Trinajstić information content (AvgIpc) is 3.36. The molecule has 4 aliphatic rings. The summed E-state index contributed by atoms with van der Waals surface area (Å²) in [6.45, 7) is 0. The van der Waals surface area contributed by atoms with Crippen molar-refractivity contribution in [2.24, 2.45) is 5.92 Å². The van der Waals surface area contributed by atoms with Crippen molar-refractivity contribution in [3.05, 3.63) is 205 Å². The Labute approximate surface area is 371 Å². The Morgan fingerprint density at radius 3 is 1.47 bits per heavy atom. The molecule has 4 aliphatic carbocycles. The van der Waals surface area contributed by atoms with Crippen molar-refractivity contribution in [2.45, 2.75) is 108 Å². The molecule has 312 valence electrons. The highest BCUT2D eigenvalue weighted by Gasteiger charge is 2.33. The second-order valence-corrected chi connectivity index (χ2v) is 18.4. The minimum Gasteiger partial charge on any atom is -0.365 e. The number of hydrogen-bond acceptors (Lipinski definition) is 2. The van der Waals surface area contributed by atoms with Crippen LogP contribution < -0.4 is 9.80 Å². The van der Waals surface area contributed by atoms with Crippen LogP contribution in [0.5, 0.6) is 0 Å². The molecule has 1 fully saturated rings. The quantitative estimate of drug-likeness (QED) is 0.120. The SMILES string of the molecule is C1=CCC(C2=CCC(N(c3ccc(-c4ccccc4)cc3)c3ccc(C4CCC(N(c5ccccc5)C5CC=C(c6ccc(-c7ccccc7)cc6)CC5)CC4)cc3)CC2)CC1. The molecule has 6 aromatic rings. The zero-order valence-electron chi connectivity index (χ0n) is 36.4. The lowest BCUT2D eigenvalue weighted by Crippen LogP contribution is -2.45. The summed E-state index contributed by atoms with van der Waals surface area (Å²) in [5.41, 5.74) is 15.2. The summed E-state index contributed by atoms with van der Waals surface area (Å²) in [5.74, 6) is 1.35. The van der Waals surface area contributed by atoms with Crippen LogP contribution in [0.4, 0.5) is 17.1 Å². The van der Waals surface area contributed by atoms with Gasteiger partial charge in [0.25, 0.3) is 0 Å². The highest BCUT2D eigenvalue weighted by Crippen LogP contribution is 2.43. The van der Waals surface area contributed by atoms with Gasteiger partial charge in [-0.25, -0.2) is 0 Å². The molecule has 10 rings (SSSR count). The maximum Gasteiger partial charge on any atom is 0.0413 e. The van der Waals surface area contributed by atoms with Gasteiger partial charge in [-0.1, -0.05) is 157 Å². The lowest BCUT2D eigenvalue weighted by atomic mass is 9.79. The van der Waals surface area contributed by atoms with Crippen LogP contribution >= 0.6 is 0 Å². The first-order chi connectivity index (χ1) is 30.7. The molecule has 0 radical (unpaired) electrons. The van der Waals surface area contributed by atoms with Crippen LogP contribution in [0.2, 0.25) is 0 Å². The maximum absolute atomic E-state index is 2.83. The average molecular weight is 811 g/mol. The third-order valence-electron chi connectivity index (χ3n) is 14.8. The molecule has 0 aliphatic heterocycles. The number of nitrogens with zero attached hydrogens (tertiary/aromatic N) is 2. The number of para-hydroxylation sites is 1. The van der Waals surface area contributed by atoms with Crippen LogP contribution in [0.1, 0.15) is 101 Å². The van der Waals surface area contributed by atoms with Gasteiger partial charge in [0.1, 0.15) is 0 Å². The van der Waals surface area contributed by atoms with E-state index in [0.717, 1.165) is 25.2 Å². The summed E-state index contributed by atoms with van der Waals surface area (Å²) in [6, 6.07) is 62.8. The van der Waals surface area contributed by atoms with E-state index in [4.69, 9.17) is 0 Å². The summed E-state index contributed by atoms with van der Waals surface area (Å²) in [4.78, 5) is 5.49. The van der Waals surface area contributed by atoms with E-state index in [1.165, 1.54) is 120 Å². The van der Waals surface area contributed by atoms with Crippen LogP contribution in [0.15, 0.2) is 194 Å². The Morgan fingerprint density at radius 1 is 0.355 bits per heavy atom. The number of rotatable bonds is 11. The van der Waals surface area contributed by atoms with E-state index in [9.17, 15) is 0 Å². The highest BCUT2D eigenvalue weighted by atomic mass is 15.2. The van der Waals surface area contributed by atoms with Gasteiger partial charge in [-0.05, 0) is 171 Å². The van der Waals surface area contributed by atoms with Crippen molar-refractivity contribution in [3.8, 4) is 22.3 Å². The van der Waals surface area contributed by atoms with Gasteiger partial charge in [-0.2, -0.15) is 0 Å². The highest BCUT2D eigenvalue weighted by molar-refractivity contribution is 5.72. The van der Waals surface area contributed by atoms with Crippen molar-refractivity contribution < 1.29 is 0 Å². The first-order valence-corrected chi connectivity index (χ1v) is 23.8. The van der Waals surface area contributed by atoms with Crippen LogP contribution in [0.3, 0.4) is 0 Å². The number of anilines is 3. The van der Waals surface area contributed by atoms with Gasteiger partial charge in [0.2, 0.25) is 0 Å². The number of hydrogen-bond donors (Lipinski definition) is 0. The van der Waals surface area contributed by atoms with Crippen molar-refractivity contribution in [1.29, 1.82) is 0 Å². The van der Waals surface area contributed by atoms with E-state index in [0.29, 0.717) is 24.0 Å². The van der Waals surface area contributed by atoms with Gasteiger partial charge in [0.15, 0.2) is 0 Å². The lowest BCUT2D eigenvalue weighted by Gasteiger charge is -2.44. The molecule has 2 heteroatoms. The molecule has 3 unspecified atom stereocenters. The Hall–Kier alpha value is -5.86. The molecule has 0 aromatic heterocycles. The molecule has 62 heavy (non-hydrogen) atoms. The van der Waals surface area contributed by atoms with Gasteiger partial charge in [-0.15, -0.1) is 0 Å². The van der Waals surface area contributed by atoms with Gasteiger partial charge in [-0.3, -0.25) is 0 Å². The van der Waals surface area contributed by atoms with Gasteiger partial charge in [0.05, 0.1) is 0 Å². The molecule has 0 amide bonds. The predicted molar refractivity (Wildman–Crippen MR) is 264 cm³/mol. The lowest BCUT2D eigenvalue weighted by molar-refractivity contribution is 0.349. The fraction of sp³-hybridized carbons (Fsp3) is 0.300. The molecular weight excluding hydrogens is 749 g/mol. The first-order valence-electron chi connectivity index (χ1n) is 23.8. The molecule has 0 spiro atoms. The van der Waals surface area contributed by atoms with Crippen LogP contribution in [-0.2, 0) is 0 Å². The first kappa shape index (κ1) is 40.2. The zero-order valence-corrected chi connectivity index (χ0v) is 36.4. The van der Waals surface area contributed by atoms with Crippen molar-refractivity contribution >= 4 is 22.6 Å². The summed E-state index contributed by atoms with van der Waals surface area (Å²) in [6.07, 6.45) is 25.6. The van der Waals surface area contributed by atoms with Gasteiger partial charge < -0.3 is 9.80 Å². The van der Waals surface area contributed by atoms with Crippen molar-refractivity contribution in [2.75, 3.05) is 9.80 Å². The number of benzene rings is 6. The second-order valence-electron chi connectivity index (χ2n) is 18.4. The van der Waals surface area contributed by atoms with Gasteiger partial charge >= 0.3 is 0 Å². The monoisotopic (exact) mass is 810 g/mol. The molecule has 0 heterocycles. The smallest absolute Gasteiger partial charge is 0.0413 e. The van der Waals surface area contributed by atoms with Crippen LogP contribution in [0.25, 0.3) is 27.8 Å². The van der Waals surface area contributed by atoms with E-state index in [1.807, 2.05) is 0 Å². The largest absolute Gasteiger partial charge is 0.365 e.